The SMILES string of the molecule is C[C@@H](OC(=O)c1cc(=O)[nH]c2ccccc12)C(=O)Nc1ccc(F)c([N+](=O)[O-])c1. The number of benzene rings is 2. The van der Waals surface area contributed by atoms with E-state index in [1.165, 1.54) is 6.92 Å². The van der Waals surface area contributed by atoms with Gasteiger partial charge in [0.15, 0.2) is 6.10 Å². The van der Waals surface area contributed by atoms with Crippen LogP contribution < -0.4 is 10.9 Å². The van der Waals surface area contributed by atoms with E-state index in [4.69, 9.17) is 4.74 Å². The van der Waals surface area contributed by atoms with Gasteiger partial charge in [0.1, 0.15) is 0 Å². The molecule has 0 saturated carbocycles. The molecule has 148 valence electrons. The molecule has 1 amide bonds. The summed E-state index contributed by atoms with van der Waals surface area (Å²) >= 11 is 0. The molecule has 1 atom stereocenters. The molecule has 3 aromatic rings. The molecule has 0 unspecified atom stereocenters. The van der Waals surface area contributed by atoms with Gasteiger partial charge in [-0.25, -0.2) is 4.79 Å². The number of H-pyrrole nitrogens is 1. The Bertz CT molecular complexity index is 1190. The van der Waals surface area contributed by atoms with Gasteiger partial charge in [0.25, 0.3) is 5.91 Å². The van der Waals surface area contributed by atoms with Crippen LogP contribution >= 0.6 is 0 Å². The number of rotatable bonds is 5. The maximum absolute atomic E-state index is 13.4. The van der Waals surface area contributed by atoms with Gasteiger partial charge in [-0.05, 0) is 25.1 Å². The standard InChI is InChI=1S/C19H14FN3O6/c1-10(18(25)21-11-6-7-14(20)16(8-11)23(27)28)29-19(26)13-9-17(24)22-15-5-3-2-4-12(13)15/h2-10H,1H3,(H,21,25)(H,22,24)/t10-/m1/s1. The highest BCUT2D eigenvalue weighted by atomic mass is 19.1. The van der Waals surface area contributed by atoms with Crippen LogP contribution in [0.15, 0.2) is 53.3 Å². The fraction of sp³-hybridized carbons (Fsp3) is 0.105. The Kier molecular flexibility index (Phi) is 5.35. The van der Waals surface area contributed by atoms with Crippen molar-refractivity contribution < 1.29 is 23.6 Å². The number of fused-ring (bicyclic) bond motifs is 1. The molecule has 2 N–H and O–H groups in total. The average molecular weight is 399 g/mol. The van der Waals surface area contributed by atoms with E-state index < -0.39 is 40.0 Å². The second kappa shape index (κ2) is 7.89. The number of esters is 1. The number of carbonyl (C=O) groups excluding carboxylic acids is 2. The van der Waals surface area contributed by atoms with E-state index >= 15 is 0 Å². The van der Waals surface area contributed by atoms with Crippen molar-refractivity contribution in [3.05, 3.63) is 80.4 Å². The zero-order valence-corrected chi connectivity index (χ0v) is 15.0. The van der Waals surface area contributed by atoms with E-state index in [2.05, 4.69) is 10.3 Å². The predicted molar refractivity (Wildman–Crippen MR) is 101 cm³/mol. The summed E-state index contributed by atoms with van der Waals surface area (Å²) in [5, 5.41) is 13.5. The summed E-state index contributed by atoms with van der Waals surface area (Å²) in [5.74, 6) is -2.72. The molecule has 9 nitrogen and oxygen atoms in total. The maximum Gasteiger partial charge on any atom is 0.339 e. The minimum Gasteiger partial charge on any atom is -0.449 e. The van der Waals surface area contributed by atoms with Gasteiger partial charge in [0, 0.05) is 28.7 Å². The Labute approximate surface area is 162 Å². The fourth-order valence-corrected chi connectivity index (χ4v) is 2.63. The molecular formula is C19H14FN3O6. The summed E-state index contributed by atoms with van der Waals surface area (Å²) in [6.45, 7) is 1.29. The number of aromatic amines is 1. The van der Waals surface area contributed by atoms with Crippen molar-refractivity contribution in [2.75, 3.05) is 5.32 Å². The first kappa shape index (κ1) is 19.7. The van der Waals surface area contributed by atoms with E-state index in [-0.39, 0.29) is 11.3 Å². The zero-order valence-electron chi connectivity index (χ0n) is 15.0. The number of anilines is 1. The smallest absolute Gasteiger partial charge is 0.339 e. The van der Waals surface area contributed by atoms with Crippen LogP contribution in [0.1, 0.15) is 17.3 Å². The highest BCUT2D eigenvalue weighted by Gasteiger charge is 2.22. The fourth-order valence-electron chi connectivity index (χ4n) is 2.63. The number of para-hydroxylation sites is 1. The first-order chi connectivity index (χ1) is 13.8. The van der Waals surface area contributed by atoms with Crippen LogP contribution in [-0.4, -0.2) is 27.9 Å². The minimum absolute atomic E-state index is 0.0126. The van der Waals surface area contributed by atoms with Crippen molar-refractivity contribution in [1.82, 2.24) is 4.98 Å². The van der Waals surface area contributed by atoms with Gasteiger partial charge in [-0.15, -0.1) is 0 Å². The van der Waals surface area contributed by atoms with E-state index in [0.717, 1.165) is 24.3 Å². The first-order valence-electron chi connectivity index (χ1n) is 8.34. The highest BCUT2D eigenvalue weighted by molar-refractivity contribution is 6.04. The Morgan fingerprint density at radius 3 is 2.66 bits per heavy atom. The molecular weight excluding hydrogens is 385 g/mol. The van der Waals surface area contributed by atoms with Crippen LogP contribution in [0.3, 0.4) is 0 Å². The number of hydrogen-bond donors (Lipinski definition) is 2. The van der Waals surface area contributed by atoms with E-state index in [9.17, 15) is 28.9 Å². The number of pyridine rings is 1. The van der Waals surface area contributed by atoms with Gasteiger partial charge in [-0.3, -0.25) is 19.7 Å². The lowest BCUT2D eigenvalue weighted by Crippen LogP contribution is -2.30. The third-order valence-corrected chi connectivity index (χ3v) is 4.03. The summed E-state index contributed by atoms with van der Waals surface area (Å²) < 4.78 is 18.5. The quantitative estimate of drug-likeness (QED) is 0.385. The Morgan fingerprint density at radius 1 is 1.21 bits per heavy atom. The van der Waals surface area contributed by atoms with Crippen molar-refractivity contribution in [2.24, 2.45) is 0 Å². The molecule has 1 heterocycles. The molecule has 1 aromatic heterocycles. The van der Waals surface area contributed by atoms with Gasteiger partial charge in [0.05, 0.1) is 10.5 Å². The normalized spacial score (nSPS) is 11.7. The molecule has 2 aromatic carbocycles. The first-order valence-corrected chi connectivity index (χ1v) is 8.34. The topological polar surface area (TPSA) is 131 Å². The third-order valence-electron chi connectivity index (χ3n) is 4.03. The van der Waals surface area contributed by atoms with Crippen molar-refractivity contribution >= 4 is 34.2 Å². The Hall–Kier alpha value is -4.08. The highest BCUT2D eigenvalue weighted by Crippen LogP contribution is 2.22. The van der Waals surface area contributed by atoms with E-state index in [1.807, 2.05) is 0 Å². The van der Waals surface area contributed by atoms with Gasteiger partial charge in [-0.1, -0.05) is 18.2 Å². The number of nitrogens with one attached hydrogen (secondary N) is 2. The monoisotopic (exact) mass is 399 g/mol. The van der Waals surface area contributed by atoms with Crippen LogP contribution in [0.5, 0.6) is 0 Å². The molecule has 29 heavy (non-hydrogen) atoms. The summed E-state index contributed by atoms with van der Waals surface area (Å²) in [6, 6.07) is 10.5. The number of ether oxygens (including phenoxy) is 1. The summed E-state index contributed by atoms with van der Waals surface area (Å²) in [5.41, 5.74) is -0.925. The van der Waals surface area contributed by atoms with Crippen molar-refractivity contribution in [2.45, 2.75) is 13.0 Å². The zero-order chi connectivity index (χ0) is 21.1. The Balaban J connectivity index is 1.77. The van der Waals surface area contributed by atoms with Crippen molar-refractivity contribution in [3.8, 4) is 0 Å². The van der Waals surface area contributed by atoms with Crippen LogP contribution in [-0.2, 0) is 9.53 Å². The molecule has 0 aliphatic carbocycles. The van der Waals surface area contributed by atoms with Crippen LogP contribution in [0.25, 0.3) is 10.9 Å². The lowest BCUT2D eigenvalue weighted by atomic mass is 10.1. The van der Waals surface area contributed by atoms with Gasteiger partial charge in [0.2, 0.25) is 11.4 Å². The molecule has 0 aliphatic heterocycles. The summed E-state index contributed by atoms with van der Waals surface area (Å²) in [7, 11) is 0. The number of nitro benzene ring substituents is 1. The van der Waals surface area contributed by atoms with Crippen molar-refractivity contribution in [3.63, 3.8) is 0 Å². The molecule has 0 spiro atoms. The third kappa shape index (κ3) is 4.26. The number of nitrogens with zero attached hydrogens (tertiary/aromatic N) is 1. The number of hydrogen-bond acceptors (Lipinski definition) is 6. The molecule has 3 rings (SSSR count). The minimum atomic E-state index is -1.29. The maximum atomic E-state index is 13.4. The molecule has 0 bridgehead atoms. The molecule has 10 heteroatoms. The van der Waals surface area contributed by atoms with Gasteiger partial charge < -0.3 is 15.0 Å². The molecule has 0 saturated heterocycles. The average Bonchev–Trinajstić information content (AvgIpc) is 2.68. The summed E-state index contributed by atoms with van der Waals surface area (Å²) in [6.07, 6.45) is -1.29. The Morgan fingerprint density at radius 2 is 1.93 bits per heavy atom. The number of carbonyl (C=O) groups is 2. The van der Waals surface area contributed by atoms with E-state index in [1.54, 1.807) is 24.3 Å². The van der Waals surface area contributed by atoms with Crippen LogP contribution in [0, 0.1) is 15.9 Å². The van der Waals surface area contributed by atoms with Gasteiger partial charge in [-0.2, -0.15) is 4.39 Å². The number of amides is 1. The lowest BCUT2D eigenvalue weighted by Gasteiger charge is -2.14. The summed E-state index contributed by atoms with van der Waals surface area (Å²) in [4.78, 5) is 48.9. The number of nitro groups is 1. The van der Waals surface area contributed by atoms with Crippen LogP contribution in [0.4, 0.5) is 15.8 Å². The number of aromatic nitrogens is 1. The molecule has 0 radical (unpaired) electrons. The molecule has 0 fully saturated rings. The second-order valence-electron chi connectivity index (χ2n) is 6.05. The number of halogens is 1. The van der Waals surface area contributed by atoms with Crippen molar-refractivity contribution in [1.29, 1.82) is 0 Å². The van der Waals surface area contributed by atoms with Crippen LogP contribution in [0.2, 0.25) is 0 Å². The predicted octanol–water partition coefficient (Wildman–Crippen LogP) is 2.76. The van der Waals surface area contributed by atoms with Gasteiger partial charge >= 0.3 is 11.7 Å². The largest absolute Gasteiger partial charge is 0.449 e. The molecule has 0 aliphatic rings. The second-order valence-corrected chi connectivity index (χ2v) is 6.05. The van der Waals surface area contributed by atoms with E-state index in [0.29, 0.717) is 10.9 Å². The lowest BCUT2D eigenvalue weighted by molar-refractivity contribution is -0.387.